The molecule has 0 atom stereocenters. The van der Waals surface area contributed by atoms with E-state index < -0.39 is 33.5 Å². The molecule has 0 saturated carbocycles. The summed E-state index contributed by atoms with van der Waals surface area (Å²) in [6.45, 7) is -0.149. The minimum absolute atomic E-state index is 0.0224. The zero-order valence-corrected chi connectivity index (χ0v) is 16.9. The molecule has 0 fully saturated rings. The number of esters is 2. The van der Waals surface area contributed by atoms with Gasteiger partial charge < -0.3 is 18.5 Å². The van der Waals surface area contributed by atoms with Crippen LogP contribution in [-0.4, -0.2) is 51.2 Å². The quantitative estimate of drug-likeness (QED) is 0.352. The fraction of sp³-hybridized carbons (Fsp3) is 0.353. The summed E-state index contributed by atoms with van der Waals surface area (Å²) in [4.78, 5) is 36.4. The van der Waals surface area contributed by atoms with E-state index in [0.29, 0.717) is 0 Å². The van der Waals surface area contributed by atoms with Crippen LogP contribution in [0.1, 0.15) is 22.7 Å². The number of hydrogen-bond acceptors (Lipinski definition) is 8. The van der Waals surface area contributed by atoms with E-state index in [4.69, 9.17) is 16.0 Å². The number of carbonyl (C=O) groups is 3. The molecule has 0 aromatic carbocycles. The molecule has 11 heteroatoms. The van der Waals surface area contributed by atoms with Crippen LogP contribution in [0.5, 0.6) is 0 Å². The molecule has 0 unspecified atom stereocenters. The highest BCUT2D eigenvalue weighted by molar-refractivity contribution is 7.90. The average molecular weight is 432 g/mol. The van der Waals surface area contributed by atoms with E-state index in [9.17, 15) is 22.8 Å². The first kappa shape index (κ1) is 21.7. The first-order chi connectivity index (χ1) is 13.1. The van der Waals surface area contributed by atoms with Gasteiger partial charge >= 0.3 is 11.9 Å². The third-order valence-corrected chi connectivity index (χ3v) is 5.40. The molecule has 0 aliphatic heterocycles. The van der Waals surface area contributed by atoms with Gasteiger partial charge in [-0.1, -0.05) is 11.6 Å². The van der Waals surface area contributed by atoms with E-state index in [1.54, 1.807) is 0 Å². The van der Waals surface area contributed by atoms with E-state index >= 15 is 0 Å². The van der Waals surface area contributed by atoms with E-state index in [1.165, 1.54) is 29.0 Å². The van der Waals surface area contributed by atoms with E-state index in [-0.39, 0.29) is 34.5 Å². The summed E-state index contributed by atoms with van der Waals surface area (Å²) >= 11 is 5.92. The van der Waals surface area contributed by atoms with Crippen molar-refractivity contribution in [2.24, 2.45) is 5.92 Å². The molecule has 2 heterocycles. The number of nitrogens with zero attached hydrogens (tertiary/aromatic N) is 1. The largest absolute Gasteiger partial charge is 0.468 e. The predicted molar refractivity (Wildman–Crippen MR) is 96.8 cm³/mol. The van der Waals surface area contributed by atoms with Gasteiger partial charge in [-0.2, -0.15) is 0 Å². The molecule has 0 radical (unpaired) electrons. The molecule has 0 saturated heterocycles. The number of rotatable bonds is 8. The van der Waals surface area contributed by atoms with Gasteiger partial charge in [-0.25, -0.2) is 8.42 Å². The standard InChI is InChI=1S/C17H18ClNO8S/c1-25-16(21)10(17(22)26-2)6-8-19-12(4-5-13(19)28(3,23)24)14(20)15-11(18)7-9-27-15/h4-5,7,9-10H,6,8H2,1-3H3. The van der Waals surface area contributed by atoms with Crippen molar-refractivity contribution in [1.82, 2.24) is 4.57 Å². The third-order valence-electron chi connectivity index (χ3n) is 3.99. The molecular formula is C17H18ClNO8S. The Bertz CT molecular complexity index is 988. The summed E-state index contributed by atoms with van der Waals surface area (Å²) in [5.74, 6) is -3.74. The molecule has 28 heavy (non-hydrogen) atoms. The minimum atomic E-state index is -3.71. The van der Waals surface area contributed by atoms with Crippen LogP contribution in [0.3, 0.4) is 0 Å². The maximum Gasteiger partial charge on any atom is 0.320 e. The number of methoxy groups -OCH3 is 2. The minimum Gasteiger partial charge on any atom is -0.468 e. The molecule has 152 valence electrons. The Labute approximate surface area is 166 Å². The zero-order chi connectivity index (χ0) is 21.1. The van der Waals surface area contributed by atoms with Gasteiger partial charge in [0.25, 0.3) is 0 Å². The monoisotopic (exact) mass is 431 g/mol. The van der Waals surface area contributed by atoms with Crippen molar-refractivity contribution in [2.75, 3.05) is 20.5 Å². The highest BCUT2D eigenvalue weighted by atomic mass is 35.5. The van der Waals surface area contributed by atoms with E-state index in [2.05, 4.69) is 9.47 Å². The summed E-state index contributed by atoms with van der Waals surface area (Å²) in [5.41, 5.74) is -0.0224. The van der Waals surface area contributed by atoms with Crippen molar-refractivity contribution in [1.29, 1.82) is 0 Å². The van der Waals surface area contributed by atoms with Crippen LogP contribution in [0.25, 0.3) is 0 Å². The zero-order valence-electron chi connectivity index (χ0n) is 15.3. The molecule has 0 spiro atoms. The number of hydrogen-bond donors (Lipinski definition) is 0. The third kappa shape index (κ3) is 4.45. The van der Waals surface area contributed by atoms with Gasteiger partial charge in [0.1, 0.15) is 5.03 Å². The van der Waals surface area contributed by atoms with Crippen LogP contribution in [0.4, 0.5) is 0 Å². The normalized spacial score (nSPS) is 11.5. The van der Waals surface area contributed by atoms with Gasteiger partial charge in [-0.3, -0.25) is 14.4 Å². The summed E-state index contributed by atoms with van der Waals surface area (Å²) in [7, 11) is -1.48. The number of carbonyl (C=O) groups excluding carboxylic acids is 3. The molecule has 0 aliphatic carbocycles. The lowest BCUT2D eigenvalue weighted by molar-refractivity contribution is -0.159. The Morgan fingerprint density at radius 3 is 2.21 bits per heavy atom. The van der Waals surface area contributed by atoms with Crippen LogP contribution in [-0.2, 0) is 35.4 Å². The smallest absolute Gasteiger partial charge is 0.320 e. The average Bonchev–Trinajstić information content (AvgIpc) is 3.26. The second-order valence-electron chi connectivity index (χ2n) is 5.79. The summed E-state index contributed by atoms with van der Waals surface area (Å²) < 4.78 is 39.6. The summed E-state index contributed by atoms with van der Waals surface area (Å²) in [6.07, 6.45) is 2.05. The molecule has 9 nitrogen and oxygen atoms in total. The van der Waals surface area contributed by atoms with Gasteiger partial charge in [0, 0.05) is 12.8 Å². The van der Waals surface area contributed by atoms with Crippen LogP contribution in [0.15, 0.2) is 33.9 Å². The number of halogens is 1. The lowest BCUT2D eigenvalue weighted by Crippen LogP contribution is -2.28. The van der Waals surface area contributed by atoms with Crippen LogP contribution in [0, 0.1) is 5.92 Å². The Morgan fingerprint density at radius 2 is 1.75 bits per heavy atom. The molecule has 2 aromatic heterocycles. The Balaban J connectivity index is 2.45. The second-order valence-corrected chi connectivity index (χ2v) is 8.16. The van der Waals surface area contributed by atoms with Gasteiger partial charge in [-0.15, -0.1) is 0 Å². The van der Waals surface area contributed by atoms with Gasteiger partial charge in [0.05, 0.1) is 31.2 Å². The molecule has 2 rings (SSSR count). The van der Waals surface area contributed by atoms with Crippen molar-refractivity contribution in [3.63, 3.8) is 0 Å². The Kier molecular flexibility index (Phi) is 6.68. The topological polar surface area (TPSA) is 122 Å². The van der Waals surface area contributed by atoms with Crippen LogP contribution >= 0.6 is 11.6 Å². The molecule has 0 amide bonds. The number of aromatic nitrogens is 1. The predicted octanol–water partition coefficient (Wildman–Crippen LogP) is 1.72. The maximum atomic E-state index is 12.7. The van der Waals surface area contributed by atoms with Gasteiger partial charge in [0.15, 0.2) is 21.5 Å². The Hall–Kier alpha value is -2.59. The highest BCUT2D eigenvalue weighted by Crippen LogP contribution is 2.24. The Morgan fingerprint density at radius 1 is 1.14 bits per heavy atom. The highest BCUT2D eigenvalue weighted by Gasteiger charge is 2.31. The van der Waals surface area contributed by atoms with Gasteiger partial charge in [0.2, 0.25) is 5.78 Å². The van der Waals surface area contributed by atoms with Crippen molar-refractivity contribution in [2.45, 2.75) is 18.0 Å². The molecule has 0 N–H and O–H groups in total. The number of furan rings is 1. The first-order valence-corrected chi connectivity index (χ1v) is 10.2. The fourth-order valence-corrected chi connectivity index (χ4v) is 3.74. The lowest BCUT2D eigenvalue weighted by atomic mass is 10.1. The number of ether oxygens (including phenoxy) is 2. The molecule has 0 bridgehead atoms. The molecule has 2 aromatic rings. The molecular weight excluding hydrogens is 414 g/mol. The van der Waals surface area contributed by atoms with Crippen LogP contribution in [0.2, 0.25) is 5.02 Å². The van der Waals surface area contributed by atoms with Crippen molar-refractivity contribution < 1.29 is 36.7 Å². The van der Waals surface area contributed by atoms with Gasteiger partial charge in [-0.05, 0) is 24.6 Å². The molecule has 0 aliphatic rings. The van der Waals surface area contributed by atoms with Crippen molar-refractivity contribution in [3.8, 4) is 0 Å². The van der Waals surface area contributed by atoms with Crippen molar-refractivity contribution >= 4 is 39.2 Å². The van der Waals surface area contributed by atoms with E-state index in [0.717, 1.165) is 20.5 Å². The summed E-state index contributed by atoms with van der Waals surface area (Å²) in [5, 5.41) is -0.0901. The first-order valence-electron chi connectivity index (χ1n) is 7.94. The van der Waals surface area contributed by atoms with E-state index in [1.807, 2.05) is 0 Å². The number of sulfone groups is 1. The van der Waals surface area contributed by atoms with Crippen molar-refractivity contribution in [3.05, 3.63) is 40.9 Å². The maximum absolute atomic E-state index is 12.7. The SMILES string of the molecule is COC(=O)C(CCn1c(C(=O)c2occc2Cl)ccc1S(C)(=O)=O)C(=O)OC. The summed E-state index contributed by atoms with van der Waals surface area (Å²) in [6, 6.07) is 3.94. The fourth-order valence-electron chi connectivity index (χ4n) is 2.65. The number of ketones is 1. The lowest BCUT2D eigenvalue weighted by Gasteiger charge is -2.16. The van der Waals surface area contributed by atoms with Crippen LogP contribution < -0.4 is 0 Å². The second kappa shape index (κ2) is 8.61.